The maximum absolute atomic E-state index is 9.82. The van der Waals surface area contributed by atoms with E-state index in [2.05, 4.69) is 13.5 Å². The summed E-state index contributed by atoms with van der Waals surface area (Å²) in [5, 5.41) is 9.82. The number of hydrogen-bond acceptors (Lipinski definition) is 2. The van der Waals surface area contributed by atoms with Crippen molar-refractivity contribution in [2.45, 2.75) is 51.9 Å². The second kappa shape index (κ2) is 3.10. The molecule has 0 saturated carbocycles. The molecule has 2 heteroatoms. The third-order valence-corrected chi connectivity index (χ3v) is 3.30. The summed E-state index contributed by atoms with van der Waals surface area (Å²) >= 11 is 0. The van der Waals surface area contributed by atoms with E-state index in [4.69, 9.17) is 4.74 Å². The Hall–Kier alpha value is -0.340. The molecule has 2 nitrogen and oxygen atoms in total. The normalized spacial score (nSPS) is 47.5. The SMILES string of the molecule is C=C1C(C)[C@]2(C)CC[C@@]1(O)O2.CC. The minimum Gasteiger partial charge on any atom is -0.362 e. The lowest BCUT2D eigenvalue weighted by atomic mass is 9.77. The lowest BCUT2D eigenvalue weighted by Crippen LogP contribution is -2.30. The molecule has 0 radical (unpaired) electrons. The fraction of sp³-hybridized carbons (Fsp3) is 0.818. The number of fused-ring (bicyclic) bond motifs is 2. The van der Waals surface area contributed by atoms with Gasteiger partial charge in [-0.1, -0.05) is 27.4 Å². The van der Waals surface area contributed by atoms with Gasteiger partial charge in [-0.25, -0.2) is 0 Å². The van der Waals surface area contributed by atoms with Crippen molar-refractivity contribution in [2.24, 2.45) is 5.92 Å². The Balaban J connectivity index is 0.000000396. The van der Waals surface area contributed by atoms with Crippen LogP contribution in [0.15, 0.2) is 12.2 Å². The molecule has 2 saturated heterocycles. The molecule has 0 aromatic rings. The number of aliphatic hydroxyl groups is 1. The first-order valence-corrected chi connectivity index (χ1v) is 5.10. The fourth-order valence-electron chi connectivity index (χ4n) is 2.14. The van der Waals surface area contributed by atoms with E-state index in [-0.39, 0.29) is 5.60 Å². The van der Waals surface area contributed by atoms with Crippen LogP contribution in [0.1, 0.15) is 40.5 Å². The average molecular weight is 184 g/mol. The van der Waals surface area contributed by atoms with Crippen LogP contribution in [-0.2, 0) is 4.74 Å². The van der Waals surface area contributed by atoms with Crippen LogP contribution in [0.2, 0.25) is 0 Å². The smallest absolute Gasteiger partial charge is 0.189 e. The fourth-order valence-corrected chi connectivity index (χ4v) is 2.14. The highest BCUT2D eigenvalue weighted by Crippen LogP contribution is 2.54. The first kappa shape index (κ1) is 10.7. The van der Waals surface area contributed by atoms with Crippen LogP contribution in [0.3, 0.4) is 0 Å². The Morgan fingerprint density at radius 2 is 2.00 bits per heavy atom. The molecular weight excluding hydrogens is 164 g/mol. The van der Waals surface area contributed by atoms with Gasteiger partial charge in [-0.05, 0) is 18.9 Å². The molecule has 2 rings (SSSR count). The van der Waals surface area contributed by atoms with Crippen LogP contribution in [0.5, 0.6) is 0 Å². The van der Waals surface area contributed by atoms with Crippen molar-refractivity contribution in [3.8, 4) is 0 Å². The van der Waals surface area contributed by atoms with Crippen molar-refractivity contribution >= 4 is 0 Å². The lowest BCUT2D eigenvalue weighted by molar-refractivity contribution is -0.161. The summed E-state index contributed by atoms with van der Waals surface area (Å²) < 4.78 is 5.53. The quantitative estimate of drug-likeness (QED) is 0.586. The Kier molecular flexibility index (Phi) is 2.56. The standard InChI is InChI=1S/C9H14O2.C2H6/c1-6-7(2)9(10)5-4-8(6,3)11-9;1-2/h6,10H,2,4-5H2,1,3H3;1-2H3/t6?,8-,9+;/m0./s1. The van der Waals surface area contributed by atoms with Crippen LogP contribution in [0, 0.1) is 5.92 Å². The lowest BCUT2D eigenvalue weighted by Gasteiger charge is -2.26. The molecule has 1 N–H and O–H groups in total. The van der Waals surface area contributed by atoms with Gasteiger partial charge >= 0.3 is 0 Å². The van der Waals surface area contributed by atoms with Gasteiger partial charge < -0.3 is 9.84 Å². The van der Waals surface area contributed by atoms with E-state index < -0.39 is 5.79 Å². The molecule has 0 aromatic heterocycles. The predicted octanol–water partition coefficient (Wildman–Crippen LogP) is 2.48. The molecular formula is C11H20O2. The van der Waals surface area contributed by atoms with Gasteiger partial charge in [0.15, 0.2) is 5.79 Å². The average Bonchev–Trinajstić information content (AvgIpc) is 2.52. The maximum atomic E-state index is 9.82. The first-order chi connectivity index (χ1) is 5.98. The van der Waals surface area contributed by atoms with Crippen LogP contribution in [0.25, 0.3) is 0 Å². The van der Waals surface area contributed by atoms with E-state index >= 15 is 0 Å². The topological polar surface area (TPSA) is 29.5 Å². The third kappa shape index (κ3) is 1.32. The van der Waals surface area contributed by atoms with Gasteiger partial charge in [0.05, 0.1) is 5.60 Å². The van der Waals surface area contributed by atoms with Gasteiger partial charge in [0.1, 0.15) is 0 Å². The van der Waals surface area contributed by atoms with Crippen LogP contribution in [0.4, 0.5) is 0 Å². The highest BCUT2D eigenvalue weighted by atomic mass is 16.7. The van der Waals surface area contributed by atoms with Crippen molar-refractivity contribution in [2.75, 3.05) is 0 Å². The highest BCUT2D eigenvalue weighted by Gasteiger charge is 2.59. The molecule has 76 valence electrons. The van der Waals surface area contributed by atoms with Gasteiger partial charge in [-0.3, -0.25) is 0 Å². The molecule has 0 amide bonds. The zero-order valence-corrected chi connectivity index (χ0v) is 9.05. The molecule has 1 unspecified atom stereocenters. The molecule has 0 spiro atoms. The Labute approximate surface area is 80.6 Å². The Morgan fingerprint density at radius 3 is 2.23 bits per heavy atom. The summed E-state index contributed by atoms with van der Waals surface area (Å²) in [7, 11) is 0. The minimum absolute atomic E-state index is 0.147. The summed E-state index contributed by atoms with van der Waals surface area (Å²) in [5.41, 5.74) is 0.706. The van der Waals surface area contributed by atoms with Crippen LogP contribution < -0.4 is 0 Å². The largest absolute Gasteiger partial charge is 0.362 e. The molecule has 13 heavy (non-hydrogen) atoms. The molecule has 2 heterocycles. The van der Waals surface area contributed by atoms with Crippen molar-refractivity contribution in [1.29, 1.82) is 0 Å². The third-order valence-electron chi connectivity index (χ3n) is 3.30. The van der Waals surface area contributed by atoms with Gasteiger partial charge in [0, 0.05) is 12.3 Å². The molecule has 2 aliphatic heterocycles. The van der Waals surface area contributed by atoms with E-state index in [0.29, 0.717) is 12.3 Å². The van der Waals surface area contributed by atoms with Crippen molar-refractivity contribution in [3.05, 3.63) is 12.2 Å². The maximum Gasteiger partial charge on any atom is 0.189 e. The van der Waals surface area contributed by atoms with Crippen LogP contribution in [-0.4, -0.2) is 16.5 Å². The van der Waals surface area contributed by atoms with E-state index in [0.717, 1.165) is 12.0 Å². The molecule has 2 aliphatic rings. The zero-order valence-electron chi connectivity index (χ0n) is 9.05. The predicted molar refractivity (Wildman–Crippen MR) is 53.3 cm³/mol. The molecule has 0 aromatic carbocycles. The Morgan fingerprint density at radius 1 is 1.46 bits per heavy atom. The minimum atomic E-state index is -0.992. The summed E-state index contributed by atoms with van der Waals surface area (Å²) in [4.78, 5) is 0. The molecule has 3 atom stereocenters. The van der Waals surface area contributed by atoms with E-state index in [9.17, 15) is 5.11 Å². The molecule has 2 bridgehead atoms. The summed E-state index contributed by atoms with van der Waals surface area (Å²) in [6.45, 7) is 12.0. The van der Waals surface area contributed by atoms with Crippen molar-refractivity contribution < 1.29 is 9.84 Å². The van der Waals surface area contributed by atoms with Gasteiger partial charge in [-0.15, -0.1) is 0 Å². The van der Waals surface area contributed by atoms with Crippen LogP contribution >= 0.6 is 0 Å². The van der Waals surface area contributed by atoms with E-state index in [1.54, 1.807) is 0 Å². The monoisotopic (exact) mass is 184 g/mol. The second-order valence-corrected chi connectivity index (χ2v) is 3.95. The Bertz CT molecular complexity index is 224. The van der Waals surface area contributed by atoms with E-state index in [1.807, 2.05) is 20.8 Å². The molecule has 2 fully saturated rings. The van der Waals surface area contributed by atoms with Gasteiger partial charge in [0.25, 0.3) is 0 Å². The zero-order chi connectivity index (χ0) is 10.3. The number of rotatable bonds is 0. The summed E-state index contributed by atoms with van der Waals surface area (Å²) in [6.07, 6.45) is 1.66. The molecule has 0 aliphatic carbocycles. The first-order valence-electron chi connectivity index (χ1n) is 5.10. The van der Waals surface area contributed by atoms with Crippen molar-refractivity contribution in [3.63, 3.8) is 0 Å². The second-order valence-electron chi connectivity index (χ2n) is 3.95. The highest BCUT2D eigenvalue weighted by molar-refractivity contribution is 5.25. The number of hydrogen-bond donors (Lipinski definition) is 1. The van der Waals surface area contributed by atoms with Crippen molar-refractivity contribution in [1.82, 2.24) is 0 Å². The number of ether oxygens (including phenoxy) is 1. The summed E-state index contributed by atoms with van der Waals surface area (Å²) in [6, 6.07) is 0. The summed E-state index contributed by atoms with van der Waals surface area (Å²) in [5.74, 6) is -0.699. The van der Waals surface area contributed by atoms with Gasteiger partial charge in [0.2, 0.25) is 0 Å². The van der Waals surface area contributed by atoms with E-state index in [1.165, 1.54) is 0 Å². The van der Waals surface area contributed by atoms with Gasteiger partial charge in [-0.2, -0.15) is 0 Å².